The SMILES string of the molecule is CC(C)n1ncc(Nc2nc(NC3CCc4ccccc43)c3cc[nH]c3n2)n1. The smallest absolute Gasteiger partial charge is 0.232 e. The van der Waals surface area contributed by atoms with Crippen molar-refractivity contribution < 1.29 is 0 Å². The lowest BCUT2D eigenvalue weighted by Gasteiger charge is -2.16. The molecule has 5 rings (SSSR count). The van der Waals surface area contributed by atoms with Crippen LogP contribution in [0, 0.1) is 0 Å². The summed E-state index contributed by atoms with van der Waals surface area (Å²) in [6.45, 7) is 4.07. The van der Waals surface area contributed by atoms with Gasteiger partial charge in [0.15, 0.2) is 5.82 Å². The molecule has 0 bridgehead atoms. The zero-order chi connectivity index (χ0) is 19.1. The highest BCUT2D eigenvalue weighted by molar-refractivity contribution is 5.88. The van der Waals surface area contributed by atoms with Gasteiger partial charge >= 0.3 is 0 Å². The molecule has 3 N–H and O–H groups in total. The number of fused-ring (bicyclic) bond motifs is 2. The average Bonchev–Trinajstić information content (AvgIpc) is 3.42. The van der Waals surface area contributed by atoms with Gasteiger partial charge in [-0.15, -0.1) is 5.10 Å². The minimum Gasteiger partial charge on any atom is -0.363 e. The minimum absolute atomic E-state index is 0.196. The van der Waals surface area contributed by atoms with Gasteiger partial charge in [-0.3, -0.25) is 0 Å². The van der Waals surface area contributed by atoms with Crippen LogP contribution < -0.4 is 10.6 Å². The van der Waals surface area contributed by atoms with Gasteiger partial charge in [-0.05, 0) is 43.9 Å². The van der Waals surface area contributed by atoms with E-state index in [0.717, 1.165) is 29.7 Å². The minimum atomic E-state index is 0.196. The number of hydrogen-bond donors (Lipinski definition) is 3. The van der Waals surface area contributed by atoms with Crippen LogP contribution in [0.25, 0.3) is 11.0 Å². The summed E-state index contributed by atoms with van der Waals surface area (Å²) in [4.78, 5) is 14.1. The lowest BCUT2D eigenvalue weighted by atomic mass is 10.1. The van der Waals surface area contributed by atoms with Gasteiger partial charge in [0.2, 0.25) is 5.95 Å². The van der Waals surface area contributed by atoms with Crippen molar-refractivity contribution in [1.29, 1.82) is 0 Å². The Bertz CT molecular complexity index is 1130. The van der Waals surface area contributed by atoms with Crippen molar-refractivity contribution in [3.63, 3.8) is 0 Å². The van der Waals surface area contributed by atoms with Crippen LogP contribution in [0.5, 0.6) is 0 Å². The largest absolute Gasteiger partial charge is 0.363 e. The first-order valence-corrected chi connectivity index (χ1v) is 9.55. The number of nitrogens with zero attached hydrogens (tertiary/aromatic N) is 5. The second kappa shape index (κ2) is 6.63. The molecule has 4 aromatic rings. The van der Waals surface area contributed by atoms with Crippen molar-refractivity contribution in [3.05, 3.63) is 53.9 Å². The summed E-state index contributed by atoms with van der Waals surface area (Å²) >= 11 is 0. The average molecular weight is 374 g/mol. The molecule has 1 aromatic carbocycles. The topological polar surface area (TPSA) is 96.3 Å². The first-order chi connectivity index (χ1) is 13.7. The van der Waals surface area contributed by atoms with Crippen molar-refractivity contribution in [2.75, 3.05) is 10.6 Å². The van der Waals surface area contributed by atoms with Crippen LogP contribution in [0.15, 0.2) is 42.7 Å². The molecule has 1 aliphatic rings. The van der Waals surface area contributed by atoms with E-state index < -0.39 is 0 Å². The Labute approximate surface area is 162 Å². The Balaban J connectivity index is 1.46. The highest BCUT2D eigenvalue weighted by Crippen LogP contribution is 2.35. The standard InChI is InChI=1S/C20H22N8/c1-12(2)28-22-11-17(27-28)24-20-25-18-15(9-10-21-18)19(26-20)23-16-8-7-13-5-3-4-6-14(13)16/h3-6,9-12,16H,7-8H2,1-2H3,(H3,21,23,24,25,26,27). The second-order valence-corrected chi connectivity index (χ2v) is 7.34. The van der Waals surface area contributed by atoms with Gasteiger partial charge in [-0.25, -0.2) is 0 Å². The molecule has 1 unspecified atom stereocenters. The third-order valence-corrected chi connectivity index (χ3v) is 5.07. The van der Waals surface area contributed by atoms with E-state index in [1.807, 2.05) is 26.1 Å². The number of anilines is 3. The molecular weight excluding hydrogens is 352 g/mol. The van der Waals surface area contributed by atoms with Crippen LogP contribution in [0.1, 0.15) is 43.5 Å². The van der Waals surface area contributed by atoms with E-state index in [1.54, 1.807) is 11.0 Å². The highest BCUT2D eigenvalue weighted by atomic mass is 15.5. The maximum absolute atomic E-state index is 4.73. The van der Waals surface area contributed by atoms with Crippen molar-refractivity contribution in [2.45, 2.75) is 38.8 Å². The summed E-state index contributed by atoms with van der Waals surface area (Å²) in [7, 11) is 0. The fourth-order valence-corrected chi connectivity index (χ4v) is 3.68. The maximum atomic E-state index is 4.73. The van der Waals surface area contributed by atoms with E-state index in [1.165, 1.54) is 11.1 Å². The predicted octanol–water partition coefficient (Wildman–Crippen LogP) is 3.97. The molecule has 28 heavy (non-hydrogen) atoms. The number of rotatable bonds is 5. The number of nitrogens with one attached hydrogen (secondary N) is 3. The number of H-pyrrole nitrogens is 1. The zero-order valence-electron chi connectivity index (χ0n) is 15.8. The molecule has 0 aliphatic heterocycles. The molecular formula is C20H22N8. The molecule has 0 saturated heterocycles. The van der Waals surface area contributed by atoms with Gasteiger partial charge in [0.1, 0.15) is 11.5 Å². The predicted molar refractivity (Wildman–Crippen MR) is 109 cm³/mol. The van der Waals surface area contributed by atoms with Crippen LogP contribution in [0.2, 0.25) is 0 Å². The molecule has 0 spiro atoms. The van der Waals surface area contributed by atoms with Crippen LogP contribution in [0.4, 0.5) is 17.6 Å². The molecule has 8 heteroatoms. The van der Waals surface area contributed by atoms with E-state index in [9.17, 15) is 0 Å². The maximum Gasteiger partial charge on any atom is 0.232 e. The molecule has 0 fully saturated rings. The van der Waals surface area contributed by atoms with Gasteiger partial charge in [0.05, 0.1) is 23.7 Å². The molecule has 142 valence electrons. The van der Waals surface area contributed by atoms with Gasteiger partial charge in [0, 0.05) is 6.20 Å². The third kappa shape index (κ3) is 2.96. The number of benzene rings is 1. The number of hydrogen-bond acceptors (Lipinski definition) is 6. The Morgan fingerprint density at radius 3 is 2.93 bits per heavy atom. The molecule has 3 aromatic heterocycles. The number of aromatic nitrogens is 6. The van der Waals surface area contributed by atoms with Gasteiger partial charge < -0.3 is 15.6 Å². The van der Waals surface area contributed by atoms with E-state index in [4.69, 9.17) is 4.98 Å². The Kier molecular flexibility index (Phi) is 3.96. The van der Waals surface area contributed by atoms with E-state index in [0.29, 0.717) is 11.8 Å². The Morgan fingerprint density at radius 2 is 2.07 bits per heavy atom. The molecule has 0 radical (unpaired) electrons. The first-order valence-electron chi connectivity index (χ1n) is 9.55. The van der Waals surface area contributed by atoms with Gasteiger partial charge in [-0.1, -0.05) is 24.3 Å². The summed E-state index contributed by atoms with van der Waals surface area (Å²) in [6.07, 6.45) is 5.70. The Hall–Kier alpha value is -3.42. The summed E-state index contributed by atoms with van der Waals surface area (Å²) in [5.74, 6) is 1.92. The lowest BCUT2D eigenvalue weighted by molar-refractivity contribution is 0.467. The number of aryl methyl sites for hydroxylation is 1. The fourth-order valence-electron chi connectivity index (χ4n) is 3.68. The summed E-state index contributed by atoms with van der Waals surface area (Å²) < 4.78 is 0. The molecule has 1 aliphatic carbocycles. The molecule has 0 saturated carbocycles. The van der Waals surface area contributed by atoms with E-state index >= 15 is 0 Å². The van der Waals surface area contributed by atoms with E-state index in [2.05, 4.69) is 55.1 Å². The van der Waals surface area contributed by atoms with Gasteiger partial charge in [-0.2, -0.15) is 19.9 Å². The van der Waals surface area contributed by atoms with Crippen LogP contribution in [-0.4, -0.2) is 29.9 Å². The van der Waals surface area contributed by atoms with Gasteiger partial charge in [0.25, 0.3) is 0 Å². The van der Waals surface area contributed by atoms with Crippen LogP contribution >= 0.6 is 0 Å². The lowest BCUT2D eigenvalue weighted by Crippen LogP contribution is -2.10. The van der Waals surface area contributed by atoms with Crippen molar-refractivity contribution in [2.24, 2.45) is 0 Å². The van der Waals surface area contributed by atoms with Crippen molar-refractivity contribution in [1.82, 2.24) is 29.9 Å². The molecule has 0 amide bonds. The first kappa shape index (κ1) is 16.7. The Morgan fingerprint density at radius 1 is 1.18 bits per heavy atom. The number of aromatic amines is 1. The highest BCUT2D eigenvalue weighted by Gasteiger charge is 2.23. The van der Waals surface area contributed by atoms with Crippen molar-refractivity contribution in [3.8, 4) is 0 Å². The second-order valence-electron chi connectivity index (χ2n) is 7.34. The van der Waals surface area contributed by atoms with E-state index in [-0.39, 0.29) is 12.1 Å². The van der Waals surface area contributed by atoms with Crippen LogP contribution in [0.3, 0.4) is 0 Å². The molecule has 8 nitrogen and oxygen atoms in total. The monoisotopic (exact) mass is 374 g/mol. The van der Waals surface area contributed by atoms with Crippen molar-refractivity contribution >= 4 is 28.6 Å². The zero-order valence-corrected chi connectivity index (χ0v) is 15.8. The quantitative estimate of drug-likeness (QED) is 0.489. The molecule has 3 heterocycles. The fraction of sp³-hybridized carbons (Fsp3) is 0.300. The molecule has 1 atom stereocenters. The normalized spacial score (nSPS) is 15.9. The third-order valence-electron chi connectivity index (χ3n) is 5.07. The summed E-state index contributed by atoms with van der Waals surface area (Å²) in [5.41, 5.74) is 3.53. The van der Waals surface area contributed by atoms with Crippen LogP contribution in [-0.2, 0) is 6.42 Å². The summed E-state index contributed by atoms with van der Waals surface area (Å²) in [5, 5.41) is 16.4. The summed E-state index contributed by atoms with van der Waals surface area (Å²) in [6, 6.07) is 11.0.